The van der Waals surface area contributed by atoms with E-state index in [1.807, 2.05) is 13.8 Å². The van der Waals surface area contributed by atoms with E-state index >= 15 is 0 Å². The van der Waals surface area contributed by atoms with Gasteiger partial charge in [-0.15, -0.1) is 0 Å². The van der Waals surface area contributed by atoms with Gasteiger partial charge in [-0.2, -0.15) is 0 Å². The molecule has 1 aliphatic rings. The Morgan fingerprint density at radius 3 is 2.94 bits per heavy atom. The van der Waals surface area contributed by atoms with E-state index in [0.29, 0.717) is 12.4 Å². The van der Waals surface area contributed by atoms with Crippen molar-refractivity contribution in [1.29, 1.82) is 0 Å². The maximum atomic E-state index is 10.1. The number of nitrogen functional groups attached to an aromatic ring is 1. The highest BCUT2D eigenvalue weighted by Gasteiger charge is 2.29. The van der Waals surface area contributed by atoms with Gasteiger partial charge >= 0.3 is 0 Å². The number of β-amino-alcohol motifs (C(OH)–C–C–N with tert-alkyl or cyclic N) is 1. The summed E-state index contributed by atoms with van der Waals surface area (Å²) in [6.45, 7) is 5.28. The van der Waals surface area contributed by atoms with Gasteiger partial charge in [-0.05, 0) is 26.7 Å². The molecule has 0 amide bonds. The number of aliphatic hydroxyl groups is 1. The number of rotatable bonds is 1. The first kappa shape index (κ1) is 11.1. The fraction of sp³-hybridized carbons (Fsp3) is 0.636. The lowest BCUT2D eigenvalue weighted by Gasteiger charge is -2.38. The molecule has 1 unspecified atom stereocenters. The molecule has 0 saturated carbocycles. The number of hydrogen-bond donors (Lipinski definition) is 2. The Labute approximate surface area is 95.3 Å². The van der Waals surface area contributed by atoms with Crippen molar-refractivity contribution in [1.82, 2.24) is 9.97 Å². The molecule has 0 aromatic carbocycles. The summed E-state index contributed by atoms with van der Waals surface area (Å²) in [5.74, 6) is 1.35. The van der Waals surface area contributed by atoms with Crippen LogP contribution in [0.1, 0.15) is 25.3 Å². The Morgan fingerprint density at radius 2 is 2.25 bits per heavy atom. The molecule has 2 heterocycles. The molecule has 0 bridgehead atoms. The Morgan fingerprint density at radius 1 is 1.50 bits per heavy atom. The van der Waals surface area contributed by atoms with Crippen molar-refractivity contribution < 1.29 is 5.11 Å². The Bertz CT molecular complexity index is 392. The molecule has 5 heteroatoms. The van der Waals surface area contributed by atoms with Gasteiger partial charge in [0.15, 0.2) is 0 Å². The maximum Gasteiger partial charge on any atom is 0.137 e. The number of piperidine rings is 1. The first-order valence-electron chi connectivity index (χ1n) is 5.54. The zero-order valence-electron chi connectivity index (χ0n) is 9.77. The molecule has 1 atom stereocenters. The van der Waals surface area contributed by atoms with Gasteiger partial charge in [0, 0.05) is 18.7 Å². The average Bonchev–Trinajstić information content (AvgIpc) is 2.20. The second-order valence-electron chi connectivity index (χ2n) is 4.73. The lowest BCUT2D eigenvalue weighted by molar-refractivity contribution is 0.0447. The summed E-state index contributed by atoms with van der Waals surface area (Å²) in [6.07, 6.45) is 3.28. The number of hydrogen-bond acceptors (Lipinski definition) is 5. The van der Waals surface area contributed by atoms with Crippen molar-refractivity contribution in [2.75, 3.05) is 23.7 Å². The van der Waals surface area contributed by atoms with Crippen molar-refractivity contribution >= 4 is 11.6 Å². The predicted molar refractivity (Wildman–Crippen MR) is 63.3 cm³/mol. The van der Waals surface area contributed by atoms with E-state index in [2.05, 4.69) is 14.9 Å². The van der Waals surface area contributed by atoms with Crippen LogP contribution in [0.4, 0.5) is 11.6 Å². The van der Waals surface area contributed by atoms with Crippen LogP contribution in [0, 0.1) is 6.92 Å². The van der Waals surface area contributed by atoms with Crippen LogP contribution in [0.2, 0.25) is 0 Å². The van der Waals surface area contributed by atoms with Gasteiger partial charge in [-0.25, -0.2) is 9.97 Å². The smallest absolute Gasteiger partial charge is 0.137 e. The quantitative estimate of drug-likeness (QED) is 0.732. The second-order valence-corrected chi connectivity index (χ2v) is 4.73. The van der Waals surface area contributed by atoms with Crippen molar-refractivity contribution in [2.45, 2.75) is 32.3 Å². The van der Waals surface area contributed by atoms with Crippen LogP contribution >= 0.6 is 0 Å². The molecular formula is C11H18N4O. The highest BCUT2D eigenvalue weighted by molar-refractivity contribution is 5.56. The van der Waals surface area contributed by atoms with E-state index in [9.17, 15) is 5.11 Å². The second kappa shape index (κ2) is 3.90. The monoisotopic (exact) mass is 222 g/mol. The molecule has 5 nitrogen and oxygen atoms in total. The Balaban J connectivity index is 2.27. The largest absolute Gasteiger partial charge is 0.388 e. The SMILES string of the molecule is Cc1c(N)ncnc1N1CCCC(C)(O)C1. The molecule has 1 aromatic rings. The van der Waals surface area contributed by atoms with Crippen molar-refractivity contribution in [3.63, 3.8) is 0 Å². The maximum absolute atomic E-state index is 10.1. The zero-order valence-corrected chi connectivity index (χ0v) is 9.77. The van der Waals surface area contributed by atoms with Gasteiger partial charge < -0.3 is 15.7 Å². The van der Waals surface area contributed by atoms with Crippen LogP contribution in [-0.2, 0) is 0 Å². The minimum absolute atomic E-state index is 0.509. The van der Waals surface area contributed by atoms with E-state index in [-0.39, 0.29) is 0 Å². The van der Waals surface area contributed by atoms with Crippen LogP contribution in [0.15, 0.2) is 6.33 Å². The van der Waals surface area contributed by atoms with Crippen molar-refractivity contribution in [3.05, 3.63) is 11.9 Å². The zero-order chi connectivity index (χ0) is 11.8. The first-order chi connectivity index (χ1) is 7.49. The van der Waals surface area contributed by atoms with Gasteiger partial charge in [-0.3, -0.25) is 0 Å². The lowest BCUT2D eigenvalue weighted by atomic mass is 9.95. The minimum Gasteiger partial charge on any atom is -0.388 e. The standard InChI is InChI=1S/C11H18N4O/c1-8-9(12)13-7-14-10(8)15-5-3-4-11(2,16)6-15/h7,16H,3-6H2,1-2H3,(H2,12,13,14). The molecule has 1 fully saturated rings. The van der Waals surface area contributed by atoms with Crippen LogP contribution in [0.25, 0.3) is 0 Å². The Kier molecular flexibility index (Phi) is 2.71. The van der Waals surface area contributed by atoms with Gasteiger partial charge in [-0.1, -0.05) is 0 Å². The summed E-state index contributed by atoms with van der Waals surface area (Å²) in [5.41, 5.74) is 6.01. The summed E-state index contributed by atoms with van der Waals surface area (Å²) in [6, 6.07) is 0. The lowest BCUT2D eigenvalue weighted by Crippen LogP contribution is -2.46. The van der Waals surface area contributed by atoms with Crippen LogP contribution in [0.5, 0.6) is 0 Å². The summed E-state index contributed by atoms with van der Waals surface area (Å²) in [7, 11) is 0. The molecule has 2 rings (SSSR count). The summed E-state index contributed by atoms with van der Waals surface area (Å²) >= 11 is 0. The molecule has 0 aliphatic carbocycles. The van der Waals surface area contributed by atoms with Gasteiger partial charge in [0.05, 0.1) is 5.60 Å². The number of anilines is 2. The fourth-order valence-electron chi connectivity index (χ4n) is 2.17. The van der Waals surface area contributed by atoms with E-state index in [1.54, 1.807) is 0 Å². The highest BCUT2D eigenvalue weighted by Crippen LogP contribution is 2.27. The third kappa shape index (κ3) is 2.09. The molecule has 3 N–H and O–H groups in total. The number of nitrogens with zero attached hydrogens (tertiary/aromatic N) is 3. The number of aromatic nitrogens is 2. The summed E-state index contributed by atoms with van der Waals surface area (Å²) in [4.78, 5) is 10.3. The van der Waals surface area contributed by atoms with E-state index in [0.717, 1.165) is 30.8 Å². The third-order valence-corrected chi connectivity index (χ3v) is 3.07. The highest BCUT2D eigenvalue weighted by atomic mass is 16.3. The topological polar surface area (TPSA) is 75.3 Å². The molecular weight excluding hydrogens is 204 g/mol. The molecule has 88 valence electrons. The van der Waals surface area contributed by atoms with Gasteiger partial charge in [0.2, 0.25) is 0 Å². The first-order valence-corrected chi connectivity index (χ1v) is 5.54. The molecule has 16 heavy (non-hydrogen) atoms. The predicted octanol–water partition coefficient (Wildman–Crippen LogP) is 0.718. The van der Waals surface area contributed by atoms with Crippen molar-refractivity contribution in [3.8, 4) is 0 Å². The van der Waals surface area contributed by atoms with E-state index in [4.69, 9.17) is 5.73 Å². The summed E-state index contributed by atoms with van der Waals surface area (Å²) in [5, 5.41) is 10.1. The normalized spacial score (nSPS) is 25.8. The summed E-state index contributed by atoms with van der Waals surface area (Å²) < 4.78 is 0. The third-order valence-electron chi connectivity index (χ3n) is 3.07. The molecule has 1 saturated heterocycles. The molecule has 1 aliphatic heterocycles. The van der Waals surface area contributed by atoms with Gasteiger partial charge in [0.1, 0.15) is 18.0 Å². The minimum atomic E-state index is -0.635. The van der Waals surface area contributed by atoms with Crippen LogP contribution in [-0.4, -0.2) is 33.8 Å². The Hall–Kier alpha value is -1.36. The average molecular weight is 222 g/mol. The molecule has 1 aromatic heterocycles. The molecule has 0 radical (unpaired) electrons. The van der Waals surface area contributed by atoms with Crippen LogP contribution in [0.3, 0.4) is 0 Å². The van der Waals surface area contributed by atoms with Crippen molar-refractivity contribution in [2.24, 2.45) is 0 Å². The van der Waals surface area contributed by atoms with Crippen LogP contribution < -0.4 is 10.6 Å². The fourth-order valence-corrected chi connectivity index (χ4v) is 2.17. The van der Waals surface area contributed by atoms with Gasteiger partial charge in [0.25, 0.3) is 0 Å². The number of nitrogens with two attached hydrogens (primary N) is 1. The van der Waals surface area contributed by atoms with E-state index in [1.165, 1.54) is 6.33 Å². The molecule has 0 spiro atoms. The van der Waals surface area contributed by atoms with E-state index < -0.39 is 5.60 Å².